The number of hydrogen-bond acceptors (Lipinski definition) is 2. The van der Waals surface area contributed by atoms with Crippen molar-refractivity contribution < 1.29 is 0 Å². The van der Waals surface area contributed by atoms with E-state index in [9.17, 15) is 0 Å². The molecule has 0 spiro atoms. The van der Waals surface area contributed by atoms with E-state index >= 15 is 0 Å². The summed E-state index contributed by atoms with van der Waals surface area (Å²) in [4.78, 5) is 9.71. The Hall–Kier alpha value is -3.23. The second kappa shape index (κ2) is 6.49. The SMILES string of the molecule is Clc1ccc(-c2cc3ccccc3c(-c3nccc4ccccc34)n2)cc1. The van der Waals surface area contributed by atoms with E-state index in [2.05, 4.69) is 30.3 Å². The van der Waals surface area contributed by atoms with Crippen LogP contribution in [0.5, 0.6) is 0 Å². The summed E-state index contributed by atoms with van der Waals surface area (Å²) in [6.07, 6.45) is 1.85. The van der Waals surface area contributed by atoms with Crippen LogP contribution in [0, 0.1) is 0 Å². The van der Waals surface area contributed by atoms with Crippen LogP contribution in [0.15, 0.2) is 91.1 Å². The Labute approximate surface area is 162 Å². The maximum absolute atomic E-state index is 6.06. The topological polar surface area (TPSA) is 25.8 Å². The van der Waals surface area contributed by atoms with Crippen molar-refractivity contribution in [2.75, 3.05) is 0 Å². The lowest BCUT2D eigenvalue weighted by molar-refractivity contribution is 1.28. The molecule has 0 aliphatic heterocycles. The van der Waals surface area contributed by atoms with Crippen molar-refractivity contribution in [1.82, 2.24) is 9.97 Å². The summed E-state index contributed by atoms with van der Waals surface area (Å²) < 4.78 is 0. The molecule has 0 saturated heterocycles. The maximum Gasteiger partial charge on any atom is 0.0978 e. The van der Waals surface area contributed by atoms with Gasteiger partial charge in [-0.25, -0.2) is 4.98 Å². The normalized spacial score (nSPS) is 11.1. The van der Waals surface area contributed by atoms with Crippen molar-refractivity contribution in [1.29, 1.82) is 0 Å². The van der Waals surface area contributed by atoms with Gasteiger partial charge in [-0.3, -0.25) is 4.98 Å². The van der Waals surface area contributed by atoms with Crippen LogP contribution >= 0.6 is 11.6 Å². The molecule has 2 nitrogen and oxygen atoms in total. The molecule has 0 amide bonds. The molecular formula is C24H15ClN2. The molecule has 0 atom stereocenters. The first kappa shape index (κ1) is 16.0. The van der Waals surface area contributed by atoms with E-state index < -0.39 is 0 Å². The largest absolute Gasteiger partial charge is 0.254 e. The molecule has 0 radical (unpaired) electrons. The molecule has 0 saturated carbocycles. The number of benzene rings is 3. The Bertz CT molecular complexity index is 1270. The van der Waals surface area contributed by atoms with Gasteiger partial charge in [0.05, 0.1) is 17.1 Å². The smallest absolute Gasteiger partial charge is 0.0978 e. The third kappa shape index (κ3) is 2.84. The predicted molar refractivity (Wildman–Crippen MR) is 113 cm³/mol. The lowest BCUT2D eigenvalue weighted by atomic mass is 10.0. The number of aromatic nitrogens is 2. The Balaban J connectivity index is 1.84. The molecule has 5 aromatic rings. The molecule has 3 aromatic carbocycles. The van der Waals surface area contributed by atoms with Crippen LogP contribution in [-0.4, -0.2) is 9.97 Å². The quantitative estimate of drug-likeness (QED) is 0.344. The number of hydrogen-bond donors (Lipinski definition) is 0. The first-order valence-corrected chi connectivity index (χ1v) is 9.17. The molecule has 0 N–H and O–H groups in total. The average Bonchev–Trinajstić information content (AvgIpc) is 2.73. The van der Waals surface area contributed by atoms with E-state index in [-0.39, 0.29) is 0 Å². The van der Waals surface area contributed by atoms with Gasteiger partial charge in [0.1, 0.15) is 0 Å². The van der Waals surface area contributed by atoms with Crippen molar-refractivity contribution in [2.24, 2.45) is 0 Å². The van der Waals surface area contributed by atoms with Crippen LogP contribution in [0.4, 0.5) is 0 Å². The van der Waals surface area contributed by atoms with Crippen molar-refractivity contribution in [3.63, 3.8) is 0 Å². The summed E-state index contributed by atoms with van der Waals surface area (Å²) in [5.41, 5.74) is 3.75. The first-order valence-electron chi connectivity index (χ1n) is 8.79. The Morgan fingerprint density at radius 3 is 2.07 bits per heavy atom. The third-order valence-corrected chi connectivity index (χ3v) is 5.03. The van der Waals surface area contributed by atoms with Crippen LogP contribution in [0.25, 0.3) is 44.2 Å². The molecule has 27 heavy (non-hydrogen) atoms. The lowest BCUT2D eigenvalue weighted by Gasteiger charge is -2.11. The van der Waals surface area contributed by atoms with Gasteiger partial charge in [0.25, 0.3) is 0 Å². The van der Waals surface area contributed by atoms with Gasteiger partial charge in [0.2, 0.25) is 0 Å². The van der Waals surface area contributed by atoms with E-state index in [1.165, 1.54) is 0 Å². The van der Waals surface area contributed by atoms with E-state index in [4.69, 9.17) is 21.6 Å². The summed E-state index contributed by atoms with van der Waals surface area (Å²) in [5.74, 6) is 0. The van der Waals surface area contributed by atoms with Gasteiger partial charge in [0, 0.05) is 27.6 Å². The summed E-state index contributed by atoms with van der Waals surface area (Å²) >= 11 is 6.06. The molecule has 2 heterocycles. The minimum atomic E-state index is 0.718. The summed E-state index contributed by atoms with van der Waals surface area (Å²) in [6, 6.07) is 28.5. The molecule has 0 unspecified atom stereocenters. The van der Waals surface area contributed by atoms with Gasteiger partial charge in [-0.15, -0.1) is 0 Å². The van der Waals surface area contributed by atoms with Crippen LogP contribution < -0.4 is 0 Å². The van der Waals surface area contributed by atoms with Gasteiger partial charge in [-0.05, 0) is 35.0 Å². The van der Waals surface area contributed by atoms with Crippen LogP contribution in [0.3, 0.4) is 0 Å². The Morgan fingerprint density at radius 2 is 1.30 bits per heavy atom. The molecule has 128 valence electrons. The second-order valence-electron chi connectivity index (χ2n) is 6.46. The fraction of sp³-hybridized carbons (Fsp3) is 0. The van der Waals surface area contributed by atoms with Crippen molar-refractivity contribution >= 4 is 33.1 Å². The standard InChI is InChI=1S/C24H15ClN2/c25-19-11-9-17(10-12-19)22-15-18-6-2-4-8-21(18)24(27-22)23-20-7-3-1-5-16(20)13-14-26-23/h1-15H. The van der Waals surface area contributed by atoms with Crippen molar-refractivity contribution in [2.45, 2.75) is 0 Å². The molecule has 3 heteroatoms. The van der Waals surface area contributed by atoms with Crippen molar-refractivity contribution in [3.05, 3.63) is 96.1 Å². The highest BCUT2D eigenvalue weighted by Crippen LogP contribution is 2.33. The highest BCUT2D eigenvalue weighted by molar-refractivity contribution is 6.30. The van der Waals surface area contributed by atoms with Gasteiger partial charge in [-0.2, -0.15) is 0 Å². The zero-order valence-corrected chi connectivity index (χ0v) is 15.2. The monoisotopic (exact) mass is 366 g/mol. The molecule has 5 rings (SSSR count). The third-order valence-electron chi connectivity index (χ3n) is 4.78. The number of rotatable bonds is 2. The summed E-state index contributed by atoms with van der Waals surface area (Å²) in [7, 11) is 0. The maximum atomic E-state index is 6.06. The van der Waals surface area contributed by atoms with Gasteiger partial charge in [-0.1, -0.05) is 72.3 Å². The number of fused-ring (bicyclic) bond motifs is 2. The zero-order valence-electron chi connectivity index (χ0n) is 14.4. The highest BCUT2D eigenvalue weighted by Gasteiger charge is 2.13. The number of nitrogens with zero attached hydrogens (tertiary/aromatic N) is 2. The van der Waals surface area contributed by atoms with Crippen LogP contribution in [-0.2, 0) is 0 Å². The van der Waals surface area contributed by atoms with Gasteiger partial charge in [0.15, 0.2) is 0 Å². The second-order valence-corrected chi connectivity index (χ2v) is 6.90. The van der Waals surface area contributed by atoms with E-state index in [0.29, 0.717) is 0 Å². The first-order chi connectivity index (χ1) is 13.3. The Kier molecular flexibility index (Phi) is 3.84. The van der Waals surface area contributed by atoms with Gasteiger partial charge >= 0.3 is 0 Å². The fourth-order valence-electron chi connectivity index (χ4n) is 3.46. The minimum absolute atomic E-state index is 0.718. The van der Waals surface area contributed by atoms with Crippen LogP contribution in [0.2, 0.25) is 5.02 Å². The number of halogens is 1. The number of pyridine rings is 2. The fourth-order valence-corrected chi connectivity index (χ4v) is 3.58. The predicted octanol–water partition coefficient (Wildman–Crippen LogP) is 6.77. The van der Waals surface area contributed by atoms with E-state index in [0.717, 1.165) is 49.2 Å². The van der Waals surface area contributed by atoms with E-state index in [1.54, 1.807) is 0 Å². The summed E-state index contributed by atoms with van der Waals surface area (Å²) in [6.45, 7) is 0. The molecule has 0 aliphatic rings. The highest BCUT2D eigenvalue weighted by atomic mass is 35.5. The minimum Gasteiger partial charge on any atom is -0.254 e. The molecule has 0 fully saturated rings. The molecule has 0 aliphatic carbocycles. The lowest BCUT2D eigenvalue weighted by Crippen LogP contribution is -1.94. The molecular weight excluding hydrogens is 352 g/mol. The van der Waals surface area contributed by atoms with Crippen LogP contribution in [0.1, 0.15) is 0 Å². The van der Waals surface area contributed by atoms with Gasteiger partial charge < -0.3 is 0 Å². The summed E-state index contributed by atoms with van der Waals surface area (Å²) in [5, 5.41) is 5.22. The molecule has 0 bridgehead atoms. The Morgan fingerprint density at radius 1 is 0.630 bits per heavy atom. The van der Waals surface area contributed by atoms with E-state index in [1.807, 2.05) is 60.8 Å². The molecule has 2 aromatic heterocycles. The van der Waals surface area contributed by atoms with Crippen molar-refractivity contribution in [3.8, 4) is 22.6 Å². The zero-order chi connectivity index (χ0) is 18.2. The average molecular weight is 367 g/mol.